The summed E-state index contributed by atoms with van der Waals surface area (Å²) in [7, 11) is 0. The summed E-state index contributed by atoms with van der Waals surface area (Å²) < 4.78 is 0. The van der Waals surface area contributed by atoms with Crippen LogP contribution in [-0.2, 0) is 0 Å². The van der Waals surface area contributed by atoms with Gasteiger partial charge in [0.15, 0.2) is 0 Å². The number of piperidine rings is 1. The van der Waals surface area contributed by atoms with E-state index < -0.39 is 0 Å². The molecule has 1 aliphatic rings. The molecule has 0 saturated carbocycles. The first kappa shape index (κ1) is 9.85. The van der Waals surface area contributed by atoms with E-state index in [9.17, 15) is 0 Å². The van der Waals surface area contributed by atoms with Gasteiger partial charge >= 0.3 is 0 Å². The highest BCUT2D eigenvalue weighted by atomic mass is 15.1. The molecule has 0 aliphatic carbocycles. The summed E-state index contributed by atoms with van der Waals surface area (Å²) in [5.74, 6) is 0.814. The molecule has 84 valence electrons. The van der Waals surface area contributed by atoms with Gasteiger partial charge in [-0.2, -0.15) is 5.10 Å². The highest BCUT2D eigenvalue weighted by Gasteiger charge is 2.18. The molecule has 1 aromatic heterocycles. The summed E-state index contributed by atoms with van der Waals surface area (Å²) in [6, 6.07) is 7.09. The van der Waals surface area contributed by atoms with Crippen molar-refractivity contribution in [2.24, 2.45) is 5.92 Å². The van der Waals surface area contributed by atoms with E-state index in [1.807, 2.05) is 6.20 Å². The van der Waals surface area contributed by atoms with Crippen LogP contribution in [0.3, 0.4) is 0 Å². The number of rotatable bonds is 1. The molecule has 1 saturated heterocycles. The molecule has 2 heterocycles. The zero-order chi connectivity index (χ0) is 11.0. The van der Waals surface area contributed by atoms with E-state index in [0.717, 1.165) is 18.0 Å². The maximum absolute atomic E-state index is 4.05. The second kappa shape index (κ2) is 3.91. The molecular weight excluding hydrogens is 198 g/mol. The van der Waals surface area contributed by atoms with Crippen LogP contribution in [0, 0.1) is 5.92 Å². The fourth-order valence-corrected chi connectivity index (χ4v) is 2.46. The third-order valence-corrected chi connectivity index (χ3v) is 3.53. The summed E-state index contributed by atoms with van der Waals surface area (Å²) in [4.78, 5) is 0. The average molecular weight is 215 g/mol. The second-order valence-electron chi connectivity index (χ2n) is 4.86. The molecule has 0 amide bonds. The molecule has 0 radical (unpaired) electrons. The molecule has 2 unspecified atom stereocenters. The molecule has 1 aliphatic heterocycles. The van der Waals surface area contributed by atoms with E-state index in [1.54, 1.807) is 0 Å². The van der Waals surface area contributed by atoms with Gasteiger partial charge in [0, 0.05) is 11.4 Å². The number of aromatic amines is 1. The standard InChI is InChI=1S/C13H17N3/c1-9-2-4-12(14-7-9)10-3-5-13-11(6-10)8-15-16-13/h3,5-6,8-9,12,14H,2,4,7H2,1H3,(H,15,16). The Morgan fingerprint density at radius 1 is 1.31 bits per heavy atom. The largest absolute Gasteiger partial charge is 0.310 e. The smallest absolute Gasteiger partial charge is 0.0650 e. The molecule has 0 spiro atoms. The van der Waals surface area contributed by atoms with Gasteiger partial charge in [0.05, 0.1) is 11.7 Å². The summed E-state index contributed by atoms with van der Waals surface area (Å²) in [6.45, 7) is 3.44. The van der Waals surface area contributed by atoms with Gasteiger partial charge in [-0.1, -0.05) is 13.0 Å². The van der Waals surface area contributed by atoms with Gasteiger partial charge in [0.25, 0.3) is 0 Å². The van der Waals surface area contributed by atoms with Crippen LogP contribution in [0.1, 0.15) is 31.4 Å². The maximum Gasteiger partial charge on any atom is 0.0650 e. The van der Waals surface area contributed by atoms with Crippen molar-refractivity contribution < 1.29 is 0 Å². The minimum atomic E-state index is 0.524. The van der Waals surface area contributed by atoms with Crippen molar-refractivity contribution in [1.29, 1.82) is 0 Å². The van der Waals surface area contributed by atoms with Gasteiger partial charge in [-0.25, -0.2) is 0 Å². The SMILES string of the molecule is CC1CCC(c2ccc3[nH]ncc3c2)NC1. The molecule has 16 heavy (non-hydrogen) atoms. The quantitative estimate of drug-likeness (QED) is 0.767. The number of H-pyrrole nitrogens is 1. The number of aromatic nitrogens is 2. The molecule has 3 rings (SSSR count). The summed E-state index contributed by atoms with van der Waals surface area (Å²) in [5, 5.41) is 11.9. The fourth-order valence-electron chi connectivity index (χ4n) is 2.46. The predicted molar refractivity (Wildman–Crippen MR) is 65.2 cm³/mol. The van der Waals surface area contributed by atoms with E-state index in [2.05, 4.69) is 40.6 Å². The van der Waals surface area contributed by atoms with E-state index in [-0.39, 0.29) is 0 Å². The Morgan fingerprint density at radius 3 is 3.06 bits per heavy atom. The van der Waals surface area contributed by atoms with Crippen molar-refractivity contribution >= 4 is 10.9 Å². The summed E-state index contributed by atoms with van der Waals surface area (Å²) in [5.41, 5.74) is 2.51. The minimum Gasteiger partial charge on any atom is -0.310 e. The van der Waals surface area contributed by atoms with Crippen LogP contribution in [0.4, 0.5) is 0 Å². The number of hydrogen-bond acceptors (Lipinski definition) is 2. The fraction of sp³-hybridized carbons (Fsp3) is 0.462. The van der Waals surface area contributed by atoms with Gasteiger partial charge in [-0.15, -0.1) is 0 Å². The number of benzene rings is 1. The molecule has 2 aromatic rings. The van der Waals surface area contributed by atoms with Crippen LogP contribution >= 0.6 is 0 Å². The van der Waals surface area contributed by atoms with E-state index in [4.69, 9.17) is 0 Å². The number of nitrogens with one attached hydrogen (secondary N) is 2. The summed E-state index contributed by atoms with van der Waals surface area (Å²) >= 11 is 0. The number of fused-ring (bicyclic) bond motifs is 1. The molecule has 0 bridgehead atoms. The Hall–Kier alpha value is -1.35. The molecular formula is C13H17N3. The first-order chi connectivity index (χ1) is 7.83. The average Bonchev–Trinajstić information content (AvgIpc) is 2.77. The lowest BCUT2D eigenvalue weighted by Crippen LogP contribution is -2.31. The van der Waals surface area contributed by atoms with Gasteiger partial charge in [0.1, 0.15) is 0 Å². The Balaban J connectivity index is 1.87. The van der Waals surface area contributed by atoms with Crippen molar-refractivity contribution in [3.63, 3.8) is 0 Å². The Morgan fingerprint density at radius 2 is 2.25 bits per heavy atom. The van der Waals surface area contributed by atoms with E-state index >= 15 is 0 Å². The molecule has 3 nitrogen and oxygen atoms in total. The molecule has 3 heteroatoms. The number of hydrogen-bond donors (Lipinski definition) is 2. The maximum atomic E-state index is 4.05. The second-order valence-corrected chi connectivity index (χ2v) is 4.86. The third kappa shape index (κ3) is 1.71. The Kier molecular flexibility index (Phi) is 2.40. The molecule has 1 aromatic carbocycles. The van der Waals surface area contributed by atoms with Crippen LogP contribution in [0.15, 0.2) is 24.4 Å². The van der Waals surface area contributed by atoms with Crippen LogP contribution in [0.2, 0.25) is 0 Å². The zero-order valence-electron chi connectivity index (χ0n) is 9.53. The first-order valence-corrected chi connectivity index (χ1v) is 5.99. The normalized spacial score (nSPS) is 26.1. The first-order valence-electron chi connectivity index (χ1n) is 5.99. The van der Waals surface area contributed by atoms with Crippen LogP contribution in [-0.4, -0.2) is 16.7 Å². The molecule has 2 atom stereocenters. The highest BCUT2D eigenvalue weighted by molar-refractivity contribution is 5.78. The van der Waals surface area contributed by atoms with Gasteiger partial charge in [-0.3, -0.25) is 5.10 Å². The Labute approximate surface area is 95.2 Å². The topological polar surface area (TPSA) is 40.7 Å². The predicted octanol–water partition coefficient (Wildman–Crippen LogP) is 2.62. The zero-order valence-corrected chi connectivity index (χ0v) is 9.53. The number of nitrogens with zero attached hydrogens (tertiary/aromatic N) is 1. The molecule has 1 fully saturated rings. The van der Waals surface area contributed by atoms with Gasteiger partial charge < -0.3 is 5.32 Å². The van der Waals surface area contributed by atoms with Crippen LogP contribution in [0.25, 0.3) is 10.9 Å². The van der Waals surface area contributed by atoms with Gasteiger partial charge in [0.2, 0.25) is 0 Å². The summed E-state index contributed by atoms with van der Waals surface area (Å²) in [6.07, 6.45) is 4.45. The monoisotopic (exact) mass is 215 g/mol. The van der Waals surface area contributed by atoms with Crippen molar-refractivity contribution in [2.45, 2.75) is 25.8 Å². The lowest BCUT2D eigenvalue weighted by atomic mass is 9.92. The van der Waals surface area contributed by atoms with Crippen molar-refractivity contribution in [3.05, 3.63) is 30.0 Å². The van der Waals surface area contributed by atoms with Crippen LogP contribution in [0.5, 0.6) is 0 Å². The molecule has 2 N–H and O–H groups in total. The van der Waals surface area contributed by atoms with E-state index in [1.165, 1.54) is 23.8 Å². The third-order valence-electron chi connectivity index (χ3n) is 3.53. The van der Waals surface area contributed by atoms with Gasteiger partial charge in [-0.05, 0) is 43.0 Å². The van der Waals surface area contributed by atoms with Crippen LogP contribution < -0.4 is 5.32 Å². The minimum absolute atomic E-state index is 0.524. The Bertz CT molecular complexity index is 481. The lowest BCUT2D eigenvalue weighted by Gasteiger charge is -2.28. The van der Waals surface area contributed by atoms with Crippen molar-refractivity contribution in [1.82, 2.24) is 15.5 Å². The lowest BCUT2D eigenvalue weighted by molar-refractivity contribution is 0.333. The van der Waals surface area contributed by atoms with Crippen molar-refractivity contribution in [2.75, 3.05) is 6.54 Å². The van der Waals surface area contributed by atoms with E-state index in [0.29, 0.717) is 6.04 Å². The van der Waals surface area contributed by atoms with Crippen molar-refractivity contribution in [3.8, 4) is 0 Å². The highest BCUT2D eigenvalue weighted by Crippen LogP contribution is 2.27.